The molecule has 1 aromatic heterocycles. The van der Waals surface area contributed by atoms with E-state index >= 15 is 0 Å². The van der Waals surface area contributed by atoms with Crippen molar-refractivity contribution in [2.75, 3.05) is 7.11 Å². The van der Waals surface area contributed by atoms with E-state index in [9.17, 15) is 0 Å². The van der Waals surface area contributed by atoms with Gasteiger partial charge in [-0.3, -0.25) is 4.57 Å². The fraction of sp³-hybridized carbons (Fsp3) is 0.467. The van der Waals surface area contributed by atoms with Crippen LogP contribution < -0.4 is 0 Å². The Labute approximate surface area is 123 Å². The molecule has 0 N–H and O–H groups in total. The maximum atomic E-state index is 5.24. The van der Waals surface area contributed by atoms with Gasteiger partial charge in [0.15, 0.2) is 11.0 Å². The van der Waals surface area contributed by atoms with Gasteiger partial charge in [0.2, 0.25) is 0 Å². The lowest BCUT2D eigenvalue weighted by Crippen LogP contribution is -2.05. The molecule has 2 aromatic rings. The van der Waals surface area contributed by atoms with Gasteiger partial charge in [-0.05, 0) is 25.0 Å². The third-order valence-corrected chi connectivity index (χ3v) is 4.84. The van der Waals surface area contributed by atoms with Gasteiger partial charge in [-0.15, -0.1) is 10.2 Å². The molecule has 1 heterocycles. The molecule has 3 rings (SSSR count). The van der Waals surface area contributed by atoms with Crippen LogP contribution in [0.3, 0.4) is 0 Å². The fourth-order valence-corrected chi connectivity index (χ4v) is 3.86. The molecule has 0 bridgehead atoms. The topological polar surface area (TPSA) is 39.9 Å². The van der Waals surface area contributed by atoms with Crippen LogP contribution in [0.25, 0.3) is 5.69 Å². The maximum absolute atomic E-state index is 5.24. The van der Waals surface area contributed by atoms with Crippen LogP contribution in [0.2, 0.25) is 0 Å². The number of methoxy groups -OCH3 is 1. The average Bonchev–Trinajstić information content (AvgIpc) is 3.11. The Hall–Kier alpha value is -1.33. The second-order valence-corrected chi connectivity index (χ2v) is 6.29. The molecule has 0 spiro atoms. The van der Waals surface area contributed by atoms with E-state index in [1.807, 2.05) is 30.0 Å². The number of ether oxygens (including phenoxy) is 1. The Morgan fingerprint density at radius 1 is 1.20 bits per heavy atom. The molecule has 20 heavy (non-hydrogen) atoms. The smallest absolute Gasteiger partial charge is 0.196 e. The molecule has 0 radical (unpaired) electrons. The van der Waals surface area contributed by atoms with Crippen molar-refractivity contribution in [1.82, 2.24) is 14.8 Å². The first-order chi connectivity index (χ1) is 9.88. The van der Waals surface area contributed by atoms with Crippen molar-refractivity contribution in [2.24, 2.45) is 0 Å². The zero-order chi connectivity index (χ0) is 13.8. The molecule has 4 nitrogen and oxygen atoms in total. The van der Waals surface area contributed by atoms with E-state index in [2.05, 4.69) is 26.9 Å². The second kappa shape index (κ2) is 6.41. The SMILES string of the molecule is COCc1nnc(SC2CCCC2)n1-c1ccccc1. The maximum Gasteiger partial charge on any atom is 0.196 e. The second-order valence-electron chi connectivity index (χ2n) is 5.03. The van der Waals surface area contributed by atoms with Crippen LogP contribution in [0.1, 0.15) is 31.5 Å². The van der Waals surface area contributed by atoms with Crippen molar-refractivity contribution in [1.29, 1.82) is 0 Å². The molecule has 0 unspecified atom stereocenters. The van der Waals surface area contributed by atoms with Crippen LogP contribution in [0.4, 0.5) is 0 Å². The third-order valence-electron chi connectivity index (χ3n) is 3.56. The lowest BCUT2D eigenvalue weighted by Gasteiger charge is -2.12. The van der Waals surface area contributed by atoms with E-state index in [4.69, 9.17) is 4.74 Å². The molecule has 0 atom stereocenters. The lowest BCUT2D eigenvalue weighted by atomic mass is 10.3. The summed E-state index contributed by atoms with van der Waals surface area (Å²) in [5.41, 5.74) is 1.10. The zero-order valence-electron chi connectivity index (χ0n) is 11.7. The molecule has 0 saturated heterocycles. The predicted molar refractivity (Wildman–Crippen MR) is 80.2 cm³/mol. The summed E-state index contributed by atoms with van der Waals surface area (Å²) >= 11 is 1.85. The summed E-state index contributed by atoms with van der Waals surface area (Å²) in [4.78, 5) is 0. The normalized spacial score (nSPS) is 15.8. The van der Waals surface area contributed by atoms with E-state index in [1.54, 1.807) is 7.11 Å². The Morgan fingerprint density at radius 2 is 1.95 bits per heavy atom. The summed E-state index contributed by atoms with van der Waals surface area (Å²) in [5, 5.41) is 10.3. The Bertz CT molecular complexity index is 550. The summed E-state index contributed by atoms with van der Waals surface area (Å²) in [6.45, 7) is 0.479. The Kier molecular flexibility index (Phi) is 4.38. The number of rotatable bonds is 5. The minimum absolute atomic E-state index is 0.479. The first kappa shape index (κ1) is 13.6. The van der Waals surface area contributed by atoms with Gasteiger partial charge in [0.05, 0.1) is 0 Å². The predicted octanol–water partition coefficient (Wildman–Crippen LogP) is 3.45. The van der Waals surface area contributed by atoms with Crippen molar-refractivity contribution in [2.45, 2.75) is 42.7 Å². The fourth-order valence-electron chi connectivity index (χ4n) is 2.59. The van der Waals surface area contributed by atoms with Gasteiger partial charge < -0.3 is 4.74 Å². The number of para-hydroxylation sites is 1. The number of hydrogen-bond donors (Lipinski definition) is 0. The zero-order valence-corrected chi connectivity index (χ0v) is 12.5. The Morgan fingerprint density at radius 3 is 2.65 bits per heavy atom. The van der Waals surface area contributed by atoms with Gasteiger partial charge in [-0.1, -0.05) is 42.8 Å². The molecule has 0 aliphatic heterocycles. The van der Waals surface area contributed by atoms with Crippen molar-refractivity contribution in [3.63, 3.8) is 0 Å². The quantitative estimate of drug-likeness (QED) is 0.845. The minimum atomic E-state index is 0.479. The number of thioether (sulfide) groups is 1. The van der Waals surface area contributed by atoms with Gasteiger partial charge in [0, 0.05) is 18.0 Å². The van der Waals surface area contributed by atoms with Gasteiger partial charge in [-0.2, -0.15) is 0 Å². The number of aromatic nitrogens is 3. The van der Waals surface area contributed by atoms with Gasteiger partial charge >= 0.3 is 0 Å². The molecular formula is C15H19N3OS. The van der Waals surface area contributed by atoms with Crippen LogP contribution in [-0.2, 0) is 11.3 Å². The van der Waals surface area contributed by atoms with E-state index in [1.165, 1.54) is 25.7 Å². The standard InChI is InChI=1S/C15H19N3OS/c1-19-11-14-16-17-15(20-13-9-5-6-10-13)18(14)12-7-3-2-4-8-12/h2-4,7-8,13H,5-6,9-11H2,1H3. The van der Waals surface area contributed by atoms with Crippen LogP contribution in [0.5, 0.6) is 0 Å². The minimum Gasteiger partial charge on any atom is -0.377 e. The van der Waals surface area contributed by atoms with Crippen LogP contribution in [-0.4, -0.2) is 27.1 Å². The van der Waals surface area contributed by atoms with Crippen LogP contribution in [0.15, 0.2) is 35.5 Å². The highest BCUT2D eigenvalue weighted by molar-refractivity contribution is 7.99. The molecule has 1 fully saturated rings. The van der Waals surface area contributed by atoms with Crippen molar-refractivity contribution in [3.8, 4) is 5.69 Å². The number of hydrogen-bond acceptors (Lipinski definition) is 4. The molecule has 106 valence electrons. The summed E-state index contributed by atoms with van der Waals surface area (Å²) in [7, 11) is 1.69. The highest BCUT2D eigenvalue weighted by Gasteiger charge is 2.21. The van der Waals surface area contributed by atoms with E-state index in [0.717, 1.165) is 16.7 Å². The molecule has 5 heteroatoms. The van der Waals surface area contributed by atoms with Crippen LogP contribution >= 0.6 is 11.8 Å². The number of benzene rings is 1. The van der Waals surface area contributed by atoms with Crippen LogP contribution in [0, 0.1) is 0 Å². The first-order valence-electron chi connectivity index (χ1n) is 7.04. The molecule has 1 aliphatic rings. The average molecular weight is 289 g/mol. The van der Waals surface area contributed by atoms with Crippen molar-refractivity contribution < 1.29 is 4.74 Å². The monoisotopic (exact) mass is 289 g/mol. The molecule has 1 saturated carbocycles. The van der Waals surface area contributed by atoms with Gasteiger partial charge in [0.25, 0.3) is 0 Å². The summed E-state index contributed by atoms with van der Waals surface area (Å²) in [5.74, 6) is 0.860. The summed E-state index contributed by atoms with van der Waals surface area (Å²) < 4.78 is 7.36. The highest BCUT2D eigenvalue weighted by atomic mass is 32.2. The molecular weight excluding hydrogens is 270 g/mol. The third kappa shape index (κ3) is 2.88. The lowest BCUT2D eigenvalue weighted by molar-refractivity contribution is 0.176. The molecule has 1 aliphatic carbocycles. The van der Waals surface area contributed by atoms with Gasteiger partial charge in [0.1, 0.15) is 6.61 Å². The Balaban J connectivity index is 1.93. The van der Waals surface area contributed by atoms with Crippen molar-refractivity contribution >= 4 is 11.8 Å². The van der Waals surface area contributed by atoms with Gasteiger partial charge in [-0.25, -0.2) is 0 Å². The van der Waals surface area contributed by atoms with E-state index < -0.39 is 0 Å². The number of nitrogens with zero attached hydrogens (tertiary/aromatic N) is 3. The van der Waals surface area contributed by atoms with E-state index in [-0.39, 0.29) is 0 Å². The first-order valence-corrected chi connectivity index (χ1v) is 7.92. The molecule has 0 amide bonds. The summed E-state index contributed by atoms with van der Waals surface area (Å²) in [6, 6.07) is 10.3. The highest BCUT2D eigenvalue weighted by Crippen LogP contribution is 2.35. The van der Waals surface area contributed by atoms with E-state index in [0.29, 0.717) is 11.9 Å². The molecule has 1 aromatic carbocycles. The summed E-state index contributed by atoms with van der Waals surface area (Å²) in [6.07, 6.45) is 5.24. The largest absolute Gasteiger partial charge is 0.377 e. The van der Waals surface area contributed by atoms with Crippen molar-refractivity contribution in [3.05, 3.63) is 36.2 Å².